The lowest BCUT2D eigenvalue weighted by molar-refractivity contribution is -0.139. The average Bonchev–Trinajstić information content (AvgIpc) is 2.77. The second-order valence-electron chi connectivity index (χ2n) is 4.96. The Morgan fingerprint density at radius 3 is 2.75 bits per heavy atom. The molecule has 0 saturated carbocycles. The molecule has 1 amide bonds. The lowest BCUT2D eigenvalue weighted by Gasteiger charge is -2.23. The van der Waals surface area contributed by atoms with Crippen LogP contribution in [0.3, 0.4) is 0 Å². The van der Waals surface area contributed by atoms with Crippen molar-refractivity contribution in [2.45, 2.75) is 45.3 Å². The normalized spacial score (nSPS) is 22.4. The molecule has 1 aliphatic heterocycles. The molecule has 16 heavy (non-hydrogen) atoms. The third-order valence-corrected chi connectivity index (χ3v) is 3.24. The van der Waals surface area contributed by atoms with E-state index < -0.39 is 0 Å². The van der Waals surface area contributed by atoms with Crippen molar-refractivity contribution in [3.8, 4) is 0 Å². The zero-order chi connectivity index (χ0) is 12.1. The summed E-state index contributed by atoms with van der Waals surface area (Å²) in [5.41, 5.74) is 5.95. The number of carbonyl (C=O) groups is 1. The summed E-state index contributed by atoms with van der Waals surface area (Å²) >= 11 is 0. The van der Waals surface area contributed by atoms with Crippen molar-refractivity contribution in [2.24, 2.45) is 11.7 Å². The van der Waals surface area contributed by atoms with Crippen LogP contribution in [0.4, 0.5) is 0 Å². The number of ether oxygens (including phenoxy) is 1. The van der Waals surface area contributed by atoms with E-state index in [2.05, 4.69) is 13.8 Å². The van der Waals surface area contributed by atoms with E-state index in [0.29, 0.717) is 5.92 Å². The Balaban J connectivity index is 2.28. The summed E-state index contributed by atoms with van der Waals surface area (Å²) in [4.78, 5) is 13.6. The molecule has 0 aliphatic carbocycles. The molecule has 1 saturated heterocycles. The van der Waals surface area contributed by atoms with Gasteiger partial charge in [0.25, 0.3) is 5.91 Å². The molecule has 0 bridgehead atoms. The van der Waals surface area contributed by atoms with Gasteiger partial charge in [-0.2, -0.15) is 0 Å². The van der Waals surface area contributed by atoms with Gasteiger partial charge in [-0.15, -0.1) is 0 Å². The molecule has 1 aliphatic rings. The standard InChI is InChI=1S/C12H24N2O2/c1-9(2)10(13)6-7-14(3)12(15)11-5-4-8-16-11/h9-11H,4-8,13H2,1-3H3/t10?,11-/m1/s1. The average molecular weight is 228 g/mol. The number of rotatable bonds is 5. The van der Waals surface area contributed by atoms with Gasteiger partial charge in [-0.1, -0.05) is 13.8 Å². The molecule has 0 aromatic carbocycles. The molecular weight excluding hydrogens is 204 g/mol. The minimum absolute atomic E-state index is 0.105. The third-order valence-electron chi connectivity index (χ3n) is 3.24. The number of nitrogens with zero attached hydrogens (tertiary/aromatic N) is 1. The Morgan fingerprint density at radius 2 is 2.25 bits per heavy atom. The van der Waals surface area contributed by atoms with Gasteiger partial charge in [0, 0.05) is 26.2 Å². The quantitative estimate of drug-likeness (QED) is 0.763. The molecule has 1 unspecified atom stereocenters. The summed E-state index contributed by atoms with van der Waals surface area (Å²) in [6.45, 7) is 5.65. The fraction of sp³-hybridized carbons (Fsp3) is 0.917. The molecule has 0 radical (unpaired) electrons. The monoisotopic (exact) mass is 228 g/mol. The minimum atomic E-state index is -0.208. The molecule has 2 atom stereocenters. The van der Waals surface area contributed by atoms with Crippen LogP contribution in [0.25, 0.3) is 0 Å². The van der Waals surface area contributed by atoms with Gasteiger partial charge in [-0.05, 0) is 25.2 Å². The maximum atomic E-state index is 11.9. The lowest BCUT2D eigenvalue weighted by atomic mass is 10.0. The smallest absolute Gasteiger partial charge is 0.251 e. The topological polar surface area (TPSA) is 55.6 Å². The molecule has 2 N–H and O–H groups in total. The van der Waals surface area contributed by atoms with Crippen molar-refractivity contribution in [1.29, 1.82) is 0 Å². The second-order valence-corrected chi connectivity index (χ2v) is 4.96. The first-order chi connectivity index (χ1) is 7.52. The SMILES string of the molecule is CC(C)C(N)CCN(C)C(=O)[C@H]1CCCO1. The zero-order valence-electron chi connectivity index (χ0n) is 10.6. The van der Waals surface area contributed by atoms with Gasteiger partial charge in [0.05, 0.1) is 0 Å². The van der Waals surface area contributed by atoms with E-state index in [-0.39, 0.29) is 18.1 Å². The molecule has 94 valence electrons. The molecule has 0 aromatic heterocycles. The minimum Gasteiger partial charge on any atom is -0.368 e. The highest BCUT2D eigenvalue weighted by molar-refractivity contribution is 5.80. The van der Waals surface area contributed by atoms with Crippen molar-refractivity contribution in [1.82, 2.24) is 4.90 Å². The molecule has 0 spiro atoms. The van der Waals surface area contributed by atoms with Gasteiger partial charge in [-0.25, -0.2) is 0 Å². The van der Waals surface area contributed by atoms with Crippen LogP contribution in [0.15, 0.2) is 0 Å². The summed E-state index contributed by atoms with van der Waals surface area (Å²) in [6.07, 6.45) is 2.50. The summed E-state index contributed by atoms with van der Waals surface area (Å²) in [7, 11) is 1.83. The first-order valence-electron chi connectivity index (χ1n) is 6.14. The van der Waals surface area contributed by atoms with Crippen LogP contribution < -0.4 is 5.73 Å². The van der Waals surface area contributed by atoms with E-state index >= 15 is 0 Å². The fourth-order valence-corrected chi connectivity index (χ4v) is 1.80. The van der Waals surface area contributed by atoms with E-state index in [4.69, 9.17) is 10.5 Å². The van der Waals surface area contributed by atoms with Gasteiger partial charge in [-0.3, -0.25) is 4.79 Å². The number of likely N-dealkylation sites (N-methyl/N-ethyl adjacent to an activating group) is 1. The molecule has 1 fully saturated rings. The predicted molar refractivity (Wildman–Crippen MR) is 64.0 cm³/mol. The predicted octanol–water partition coefficient (Wildman–Crippen LogP) is 0.997. The van der Waals surface area contributed by atoms with Crippen molar-refractivity contribution in [2.75, 3.05) is 20.2 Å². The largest absolute Gasteiger partial charge is 0.368 e. The van der Waals surface area contributed by atoms with Gasteiger partial charge in [0.1, 0.15) is 6.10 Å². The number of hydrogen-bond donors (Lipinski definition) is 1. The highest BCUT2D eigenvalue weighted by Gasteiger charge is 2.26. The van der Waals surface area contributed by atoms with Crippen LogP contribution in [-0.2, 0) is 9.53 Å². The van der Waals surface area contributed by atoms with Crippen LogP contribution in [0.5, 0.6) is 0 Å². The van der Waals surface area contributed by atoms with Crippen molar-refractivity contribution in [3.63, 3.8) is 0 Å². The number of amides is 1. The van der Waals surface area contributed by atoms with E-state index in [1.807, 2.05) is 7.05 Å². The Bertz CT molecular complexity index is 225. The third kappa shape index (κ3) is 3.76. The van der Waals surface area contributed by atoms with Crippen LogP contribution in [0.1, 0.15) is 33.1 Å². The molecular formula is C12H24N2O2. The lowest BCUT2D eigenvalue weighted by Crippen LogP contribution is -2.39. The van der Waals surface area contributed by atoms with E-state index in [9.17, 15) is 4.79 Å². The summed E-state index contributed by atoms with van der Waals surface area (Å²) in [6, 6.07) is 0.166. The maximum Gasteiger partial charge on any atom is 0.251 e. The first kappa shape index (κ1) is 13.5. The number of hydrogen-bond acceptors (Lipinski definition) is 3. The highest BCUT2D eigenvalue weighted by atomic mass is 16.5. The molecule has 0 aromatic rings. The van der Waals surface area contributed by atoms with Gasteiger partial charge >= 0.3 is 0 Å². The summed E-state index contributed by atoms with van der Waals surface area (Å²) in [5, 5.41) is 0. The molecule has 4 nitrogen and oxygen atoms in total. The second kappa shape index (κ2) is 6.21. The maximum absolute atomic E-state index is 11.9. The summed E-state index contributed by atoms with van der Waals surface area (Å²) in [5.74, 6) is 0.569. The number of nitrogens with two attached hydrogens (primary N) is 1. The van der Waals surface area contributed by atoms with E-state index in [1.165, 1.54) is 0 Å². The van der Waals surface area contributed by atoms with E-state index in [0.717, 1.165) is 32.4 Å². The Morgan fingerprint density at radius 1 is 1.56 bits per heavy atom. The van der Waals surface area contributed by atoms with Gasteiger partial charge in [0.15, 0.2) is 0 Å². The zero-order valence-corrected chi connectivity index (χ0v) is 10.6. The van der Waals surface area contributed by atoms with E-state index in [1.54, 1.807) is 4.90 Å². The van der Waals surface area contributed by atoms with Gasteiger partial charge < -0.3 is 15.4 Å². The molecule has 1 rings (SSSR count). The van der Waals surface area contributed by atoms with Gasteiger partial charge in [0.2, 0.25) is 0 Å². The van der Waals surface area contributed by atoms with Crippen molar-refractivity contribution < 1.29 is 9.53 Å². The van der Waals surface area contributed by atoms with Crippen LogP contribution in [0.2, 0.25) is 0 Å². The summed E-state index contributed by atoms with van der Waals surface area (Å²) < 4.78 is 5.37. The molecule has 4 heteroatoms. The number of carbonyl (C=O) groups excluding carboxylic acids is 1. The highest BCUT2D eigenvalue weighted by Crippen LogP contribution is 2.14. The van der Waals surface area contributed by atoms with Crippen LogP contribution in [-0.4, -0.2) is 43.2 Å². The first-order valence-corrected chi connectivity index (χ1v) is 6.14. The Labute approximate surface area is 98.1 Å². The van der Waals surface area contributed by atoms with Crippen LogP contribution >= 0.6 is 0 Å². The molecule has 1 heterocycles. The van der Waals surface area contributed by atoms with Crippen LogP contribution in [0, 0.1) is 5.92 Å². The van der Waals surface area contributed by atoms with Crippen molar-refractivity contribution in [3.05, 3.63) is 0 Å². The Hall–Kier alpha value is -0.610. The van der Waals surface area contributed by atoms with Crippen molar-refractivity contribution >= 4 is 5.91 Å². The fourth-order valence-electron chi connectivity index (χ4n) is 1.80. The Kier molecular flexibility index (Phi) is 5.22.